The highest BCUT2D eigenvalue weighted by molar-refractivity contribution is 6.19. The molecule has 272 valence electrons. The molecule has 9 aromatic carbocycles. The number of fused-ring (bicyclic) bond motifs is 9. The van der Waals surface area contributed by atoms with Gasteiger partial charge in [0.2, 0.25) is 0 Å². The molecule has 0 unspecified atom stereocenters. The zero-order valence-electron chi connectivity index (χ0n) is 31.3. The van der Waals surface area contributed by atoms with Crippen LogP contribution in [-0.4, -0.2) is 4.57 Å². The standard InChI is InChI=1S/C54H34N2O2/c1-4-14-35(15-5-1)37-24-27-44-52(32-37)58-54-41(36-16-6-2-7-17-36)28-30-49(53(44)54)55(40-26-31-51-46(34-40)43-21-11-13-23-50(43)57-51)39-25-29-48-45(33-39)42-20-10-12-22-47(42)56(48)38-18-8-3-9-19-38/h1-34H. The summed E-state index contributed by atoms with van der Waals surface area (Å²) in [5, 5.41) is 6.66. The smallest absolute Gasteiger partial charge is 0.145 e. The van der Waals surface area contributed by atoms with E-state index >= 15 is 0 Å². The summed E-state index contributed by atoms with van der Waals surface area (Å²) < 4.78 is 15.7. The molecule has 0 bridgehead atoms. The van der Waals surface area contributed by atoms with E-state index in [0.29, 0.717) is 0 Å². The second-order valence-electron chi connectivity index (χ2n) is 14.9. The minimum Gasteiger partial charge on any atom is -0.456 e. The zero-order chi connectivity index (χ0) is 38.2. The van der Waals surface area contributed by atoms with E-state index in [0.717, 1.165) is 94.4 Å². The maximum absolute atomic E-state index is 7.01. The molecule has 0 saturated heterocycles. The molecule has 3 heterocycles. The van der Waals surface area contributed by atoms with Crippen LogP contribution in [0.5, 0.6) is 0 Å². The number of furan rings is 2. The number of nitrogens with zero attached hydrogens (tertiary/aromatic N) is 2. The molecule has 0 radical (unpaired) electrons. The molecule has 0 fully saturated rings. The van der Waals surface area contributed by atoms with Gasteiger partial charge in [-0.15, -0.1) is 0 Å². The van der Waals surface area contributed by atoms with Gasteiger partial charge in [0, 0.05) is 49.6 Å². The maximum Gasteiger partial charge on any atom is 0.145 e. The molecule has 4 nitrogen and oxygen atoms in total. The van der Waals surface area contributed by atoms with Crippen molar-refractivity contribution in [2.75, 3.05) is 4.90 Å². The van der Waals surface area contributed by atoms with Gasteiger partial charge < -0.3 is 18.3 Å². The third-order valence-electron chi connectivity index (χ3n) is 11.6. The normalized spacial score (nSPS) is 11.8. The average Bonchev–Trinajstić information content (AvgIpc) is 3.97. The van der Waals surface area contributed by atoms with E-state index in [4.69, 9.17) is 8.83 Å². The molecule has 58 heavy (non-hydrogen) atoms. The van der Waals surface area contributed by atoms with Crippen molar-refractivity contribution in [2.45, 2.75) is 0 Å². The van der Waals surface area contributed by atoms with Crippen molar-refractivity contribution in [3.05, 3.63) is 206 Å². The summed E-state index contributed by atoms with van der Waals surface area (Å²) in [4.78, 5) is 2.40. The summed E-state index contributed by atoms with van der Waals surface area (Å²) in [7, 11) is 0. The van der Waals surface area contributed by atoms with Crippen LogP contribution in [0.2, 0.25) is 0 Å². The first kappa shape index (κ1) is 32.4. The third-order valence-corrected chi connectivity index (χ3v) is 11.6. The number of para-hydroxylation sites is 3. The first-order valence-corrected chi connectivity index (χ1v) is 19.7. The Hall–Kier alpha value is -7.82. The van der Waals surface area contributed by atoms with Gasteiger partial charge in [-0.3, -0.25) is 0 Å². The molecule has 0 amide bonds. The Kier molecular flexibility index (Phi) is 7.20. The van der Waals surface area contributed by atoms with E-state index in [-0.39, 0.29) is 0 Å². The van der Waals surface area contributed by atoms with Gasteiger partial charge >= 0.3 is 0 Å². The van der Waals surface area contributed by atoms with Gasteiger partial charge in [-0.05, 0) is 102 Å². The van der Waals surface area contributed by atoms with E-state index in [1.165, 1.54) is 16.3 Å². The second kappa shape index (κ2) is 12.9. The molecule has 0 aliphatic heterocycles. The van der Waals surface area contributed by atoms with E-state index in [1.807, 2.05) is 12.1 Å². The van der Waals surface area contributed by atoms with E-state index in [9.17, 15) is 0 Å². The highest BCUT2D eigenvalue weighted by Crippen LogP contribution is 2.48. The lowest BCUT2D eigenvalue weighted by Crippen LogP contribution is -2.10. The molecule has 4 heteroatoms. The van der Waals surface area contributed by atoms with Crippen molar-refractivity contribution in [3.8, 4) is 27.9 Å². The number of benzene rings is 9. The molecular formula is C54H34N2O2. The molecule has 3 aromatic heterocycles. The summed E-state index contributed by atoms with van der Waals surface area (Å²) in [5.74, 6) is 0. The number of hydrogen-bond acceptors (Lipinski definition) is 3. The van der Waals surface area contributed by atoms with Gasteiger partial charge in [0.25, 0.3) is 0 Å². The lowest BCUT2D eigenvalue weighted by atomic mass is 9.98. The van der Waals surface area contributed by atoms with Crippen LogP contribution in [0.25, 0.3) is 93.6 Å². The Labute approximate surface area is 334 Å². The van der Waals surface area contributed by atoms with Crippen molar-refractivity contribution < 1.29 is 8.83 Å². The maximum atomic E-state index is 7.01. The predicted molar refractivity (Wildman–Crippen MR) is 241 cm³/mol. The summed E-state index contributed by atoms with van der Waals surface area (Å²) in [6, 6.07) is 73.2. The second-order valence-corrected chi connectivity index (χ2v) is 14.9. The largest absolute Gasteiger partial charge is 0.456 e. The summed E-state index contributed by atoms with van der Waals surface area (Å²) >= 11 is 0. The number of aromatic nitrogens is 1. The van der Waals surface area contributed by atoms with Gasteiger partial charge in [-0.2, -0.15) is 0 Å². The van der Waals surface area contributed by atoms with Gasteiger partial charge in [-0.1, -0.05) is 121 Å². The Morgan fingerprint density at radius 1 is 0.362 bits per heavy atom. The molecule has 0 atom stereocenters. The lowest BCUT2D eigenvalue weighted by molar-refractivity contribution is 0.669. The summed E-state index contributed by atoms with van der Waals surface area (Å²) in [6.07, 6.45) is 0. The van der Waals surface area contributed by atoms with Crippen LogP contribution >= 0.6 is 0 Å². The molecule has 0 aliphatic carbocycles. The first-order valence-electron chi connectivity index (χ1n) is 19.7. The van der Waals surface area contributed by atoms with E-state index < -0.39 is 0 Å². The molecule has 0 spiro atoms. The van der Waals surface area contributed by atoms with Gasteiger partial charge in [0.15, 0.2) is 0 Å². The topological polar surface area (TPSA) is 34.5 Å². The van der Waals surface area contributed by atoms with Gasteiger partial charge in [-0.25, -0.2) is 0 Å². The van der Waals surface area contributed by atoms with Crippen LogP contribution in [0.3, 0.4) is 0 Å². The monoisotopic (exact) mass is 742 g/mol. The fourth-order valence-electron chi connectivity index (χ4n) is 8.94. The zero-order valence-corrected chi connectivity index (χ0v) is 31.3. The van der Waals surface area contributed by atoms with Crippen LogP contribution in [-0.2, 0) is 0 Å². The van der Waals surface area contributed by atoms with Gasteiger partial charge in [0.05, 0.1) is 22.1 Å². The predicted octanol–water partition coefficient (Wildman–Crippen LogP) is 15.4. The van der Waals surface area contributed by atoms with Crippen LogP contribution in [0, 0.1) is 0 Å². The Balaban J connectivity index is 1.16. The highest BCUT2D eigenvalue weighted by atomic mass is 16.3. The van der Waals surface area contributed by atoms with Crippen molar-refractivity contribution >= 4 is 82.7 Å². The fourth-order valence-corrected chi connectivity index (χ4v) is 8.94. The molecule has 12 aromatic rings. The Morgan fingerprint density at radius 2 is 1.00 bits per heavy atom. The molecule has 0 aliphatic rings. The molecular weight excluding hydrogens is 709 g/mol. The number of rotatable bonds is 6. The fraction of sp³-hybridized carbons (Fsp3) is 0. The minimum atomic E-state index is 0.846. The van der Waals surface area contributed by atoms with Crippen molar-refractivity contribution in [1.82, 2.24) is 4.57 Å². The van der Waals surface area contributed by atoms with Crippen molar-refractivity contribution in [3.63, 3.8) is 0 Å². The van der Waals surface area contributed by atoms with Gasteiger partial charge in [0.1, 0.15) is 22.3 Å². The lowest BCUT2D eigenvalue weighted by Gasteiger charge is -2.27. The van der Waals surface area contributed by atoms with E-state index in [1.54, 1.807) is 0 Å². The first-order chi connectivity index (χ1) is 28.8. The SMILES string of the molecule is c1ccc(-c2ccc3c(c2)oc2c(-c4ccccc4)ccc(N(c4ccc5oc6ccccc6c5c4)c4ccc5c(c4)c4ccccc4n5-c4ccccc4)c23)cc1. The quantitative estimate of drug-likeness (QED) is 0.170. The minimum absolute atomic E-state index is 0.846. The van der Waals surface area contributed by atoms with Crippen LogP contribution in [0.15, 0.2) is 215 Å². The average molecular weight is 743 g/mol. The molecule has 0 N–H and O–H groups in total. The Morgan fingerprint density at radius 3 is 1.81 bits per heavy atom. The molecule has 0 saturated carbocycles. The number of hydrogen-bond donors (Lipinski definition) is 0. The van der Waals surface area contributed by atoms with Crippen molar-refractivity contribution in [1.29, 1.82) is 0 Å². The summed E-state index contributed by atoms with van der Waals surface area (Å²) in [6.45, 7) is 0. The highest BCUT2D eigenvalue weighted by Gasteiger charge is 2.24. The van der Waals surface area contributed by atoms with Crippen LogP contribution in [0.1, 0.15) is 0 Å². The van der Waals surface area contributed by atoms with Crippen LogP contribution in [0.4, 0.5) is 17.1 Å². The molecule has 12 rings (SSSR count). The van der Waals surface area contributed by atoms with Crippen LogP contribution < -0.4 is 4.90 Å². The third kappa shape index (κ3) is 5.02. The van der Waals surface area contributed by atoms with E-state index in [2.05, 4.69) is 204 Å². The Bertz CT molecular complexity index is 3500. The summed E-state index contributed by atoms with van der Waals surface area (Å²) in [5.41, 5.74) is 14.4. The number of anilines is 3. The van der Waals surface area contributed by atoms with Crippen molar-refractivity contribution in [2.24, 2.45) is 0 Å².